The molecule has 0 saturated carbocycles. The number of hydrogen-bond acceptors (Lipinski definition) is 2. The Balaban J connectivity index is 3.15. The maximum atomic E-state index is 14.1. The molecule has 0 aliphatic carbocycles. The van der Waals surface area contributed by atoms with Crippen molar-refractivity contribution in [2.75, 3.05) is 0 Å². The highest BCUT2D eigenvalue weighted by Gasteiger charge is 2.21. The van der Waals surface area contributed by atoms with E-state index in [0.717, 1.165) is 0 Å². The first-order valence-electron chi connectivity index (χ1n) is 7.30. The lowest BCUT2D eigenvalue weighted by molar-refractivity contribution is -0.153. The average molecular weight is 316 g/mol. The Hall–Kier alpha value is -1.52. The molecule has 0 spiro atoms. The van der Waals surface area contributed by atoms with E-state index >= 15 is 0 Å². The van der Waals surface area contributed by atoms with Gasteiger partial charge in [0.25, 0.3) is 0 Å². The van der Waals surface area contributed by atoms with Crippen LogP contribution in [0.15, 0.2) is 12.1 Å². The molecule has 0 aliphatic rings. The number of rotatable bonds is 5. The molecular formula is C17H23F3O2. The highest BCUT2D eigenvalue weighted by atomic mass is 19.3. The van der Waals surface area contributed by atoms with Crippen molar-refractivity contribution in [1.82, 2.24) is 0 Å². The Morgan fingerprint density at radius 1 is 1.23 bits per heavy atom. The molecule has 0 aromatic heterocycles. The Morgan fingerprint density at radius 3 is 2.27 bits per heavy atom. The highest BCUT2D eigenvalue weighted by Crippen LogP contribution is 2.25. The lowest BCUT2D eigenvalue weighted by Crippen LogP contribution is -2.25. The van der Waals surface area contributed by atoms with Gasteiger partial charge in [-0.3, -0.25) is 4.79 Å². The molecule has 1 aromatic rings. The van der Waals surface area contributed by atoms with Crippen molar-refractivity contribution in [3.63, 3.8) is 0 Å². The SMILES string of the molecule is CC(C)c1cc(F)c(CC(F)F)c(CC(=O)OC(C)(C)C)c1. The van der Waals surface area contributed by atoms with Crippen LogP contribution >= 0.6 is 0 Å². The topological polar surface area (TPSA) is 26.3 Å². The molecule has 1 aromatic carbocycles. The van der Waals surface area contributed by atoms with Gasteiger partial charge in [0.15, 0.2) is 0 Å². The van der Waals surface area contributed by atoms with Crippen LogP contribution in [0.1, 0.15) is 57.2 Å². The zero-order valence-corrected chi connectivity index (χ0v) is 13.7. The smallest absolute Gasteiger partial charge is 0.310 e. The highest BCUT2D eigenvalue weighted by molar-refractivity contribution is 5.73. The van der Waals surface area contributed by atoms with Gasteiger partial charge in [0.05, 0.1) is 6.42 Å². The third kappa shape index (κ3) is 5.70. The van der Waals surface area contributed by atoms with Crippen molar-refractivity contribution >= 4 is 5.97 Å². The summed E-state index contributed by atoms with van der Waals surface area (Å²) < 4.78 is 44.7. The molecule has 0 unspecified atom stereocenters. The number of halogens is 3. The van der Waals surface area contributed by atoms with Gasteiger partial charge in [-0.2, -0.15) is 0 Å². The van der Waals surface area contributed by atoms with E-state index in [1.165, 1.54) is 6.07 Å². The molecule has 5 heteroatoms. The van der Waals surface area contributed by atoms with Crippen LogP contribution in [0.3, 0.4) is 0 Å². The Kier molecular flexibility index (Phi) is 6.03. The van der Waals surface area contributed by atoms with Crippen LogP contribution in [-0.4, -0.2) is 18.0 Å². The summed E-state index contributed by atoms with van der Waals surface area (Å²) in [6.07, 6.45) is -3.59. The van der Waals surface area contributed by atoms with Crippen molar-refractivity contribution in [1.29, 1.82) is 0 Å². The largest absolute Gasteiger partial charge is 0.460 e. The zero-order valence-electron chi connectivity index (χ0n) is 13.7. The number of esters is 1. The predicted molar refractivity (Wildman–Crippen MR) is 79.7 cm³/mol. The van der Waals surface area contributed by atoms with Crippen LogP contribution in [-0.2, 0) is 22.4 Å². The predicted octanol–water partition coefficient (Wildman–Crippen LogP) is 4.64. The molecule has 1 rings (SSSR count). The molecule has 0 radical (unpaired) electrons. The van der Waals surface area contributed by atoms with Gasteiger partial charge >= 0.3 is 5.97 Å². The maximum absolute atomic E-state index is 14.1. The van der Waals surface area contributed by atoms with E-state index in [4.69, 9.17) is 4.74 Å². The summed E-state index contributed by atoms with van der Waals surface area (Å²) in [4.78, 5) is 11.9. The molecule has 22 heavy (non-hydrogen) atoms. The van der Waals surface area contributed by atoms with Crippen LogP contribution in [0.5, 0.6) is 0 Å². The lowest BCUT2D eigenvalue weighted by Gasteiger charge is -2.20. The monoisotopic (exact) mass is 316 g/mol. The second-order valence-corrected chi connectivity index (χ2v) is 6.65. The van der Waals surface area contributed by atoms with E-state index in [0.29, 0.717) is 5.56 Å². The summed E-state index contributed by atoms with van der Waals surface area (Å²) in [5.41, 5.74) is 0.173. The van der Waals surface area contributed by atoms with E-state index in [9.17, 15) is 18.0 Å². The number of hydrogen-bond donors (Lipinski definition) is 0. The molecule has 0 saturated heterocycles. The first-order chi connectivity index (χ1) is 9.99. The Labute approximate surface area is 129 Å². The van der Waals surface area contributed by atoms with Crippen LogP contribution in [0, 0.1) is 5.82 Å². The second-order valence-electron chi connectivity index (χ2n) is 6.65. The molecular weight excluding hydrogens is 293 g/mol. The van der Waals surface area contributed by atoms with Gasteiger partial charge in [0, 0.05) is 6.42 Å². The molecule has 124 valence electrons. The molecule has 0 atom stereocenters. The molecule has 0 bridgehead atoms. The normalized spacial score (nSPS) is 12.1. The van der Waals surface area contributed by atoms with Gasteiger partial charge in [-0.15, -0.1) is 0 Å². The van der Waals surface area contributed by atoms with Crippen LogP contribution in [0.2, 0.25) is 0 Å². The number of carbonyl (C=O) groups is 1. The van der Waals surface area contributed by atoms with E-state index in [2.05, 4.69) is 0 Å². The number of benzene rings is 1. The number of alkyl halides is 2. The molecule has 0 fully saturated rings. The standard InChI is InChI=1S/C17H23F3O2/c1-10(2)11-6-12(8-16(21)22-17(3,4)5)13(9-15(19)20)14(18)7-11/h6-7,10,15H,8-9H2,1-5H3. The van der Waals surface area contributed by atoms with Gasteiger partial charge in [0.1, 0.15) is 11.4 Å². The van der Waals surface area contributed by atoms with Crippen LogP contribution in [0.4, 0.5) is 13.2 Å². The fraction of sp³-hybridized carbons (Fsp3) is 0.588. The van der Waals surface area contributed by atoms with E-state index < -0.39 is 30.2 Å². The summed E-state index contributed by atoms with van der Waals surface area (Å²) in [6, 6.07) is 2.89. The summed E-state index contributed by atoms with van der Waals surface area (Å²) >= 11 is 0. The van der Waals surface area contributed by atoms with Crippen LogP contribution < -0.4 is 0 Å². The van der Waals surface area contributed by atoms with E-state index in [-0.39, 0.29) is 23.5 Å². The van der Waals surface area contributed by atoms with Crippen molar-refractivity contribution in [2.24, 2.45) is 0 Å². The lowest BCUT2D eigenvalue weighted by atomic mass is 9.93. The second kappa shape index (κ2) is 7.16. The minimum absolute atomic E-state index is 0.0347. The summed E-state index contributed by atoms with van der Waals surface area (Å²) in [5, 5.41) is 0. The van der Waals surface area contributed by atoms with Gasteiger partial charge in [-0.05, 0) is 49.4 Å². The molecule has 0 amide bonds. The van der Waals surface area contributed by atoms with E-state index in [1.54, 1.807) is 26.8 Å². The Bertz CT molecular complexity index is 531. The quantitative estimate of drug-likeness (QED) is 0.740. The summed E-state index contributed by atoms with van der Waals surface area (Å²) in [6.45, 7) is 8.90. The van der Waals surface area contributed by atoms with Gasteiger partial charge in [-0.1, -0.05) is 19.9 Å². The molecule has 0 N–H and O–H groups in total. The zero-order chi connectivity index (χ0) is 17.1. The third-order valence-corrected chi connectivity index (χ3v) is 3.09. The summed E-state index contributed by atoms with van der Waals surface area (Å²) in [7, 11) is 0. The van der Waals surface area contributed by atoms with Crippen molar-refractivity contribution in [3.8, 4) is 0 Å². The van der Waals surface area contributed by atoms with Crippen molar-refractivity contribution < 1.29 is 22.7 Å². The number of ether oxygens (including phenoxy) is 1. The molecule has 0 heterocycles. The fourth-order valence-electron chi connectivity index (χ4n) is 2.12. The minimum Gasteiger partial charge on any atom is -0.460 e. The van der Waals surface area contributed by atoms with Crippen molar-refractivity contribution in [3.05, 3.63) is 34.6 Å². The van der Waals surface area contributed by atoms with Crippen LogP contribution in [0.25, 0.3) is 0 Å². The van der Waals surface area contributed by atoms with Gasteiger partial charge in [-0.25, -0.2) is 13.2 Å². The van der Waals surface area contributed by atoms with Crippen molar-refractivity contribution in [2.45, 2.75) is 65.4 Å². The van der Waals surface area contributed by atoms with Gasteiger partial charge in [0.2, 0.25) is 6.43 Å². The first kappa shape index (κ1) is 18.5. The minimum atomic E-state index is -2.67. The maximum Gasteiger partial charge on any atom is 0.310 e. The third-order valence-electron chi connectivity index (χ3n) is 3.09. The first-order valence-corrected chi connectivity index (χ1v) is 7.30. The summed E-state index contributed by atoms with van der Waals surface area (Å²) in [5.74, 6) is -1.21. The fourth-order valence-corrected chi connectivity index (χ4v) is 2.12. The molecule has 0 aliphatic heterocycles. The van der Waals surface area contributed by atoms with Gasteiger partial charge < -0.3 is 4.74 Å². The average Bonchev–Trinajstić information content (AvgIpc) is 2.30. The van der Waals surface area contributed by atoms with E-state index in [1.807, 2.05) is 13.8 Å². The Morgan fingerprint density at radius 2 is 1.82 bits per heavy atom. The number of carbonyl (C=O) groups excluding carboxylic acids is 1. The molecule has 2 nitrogen and oxygen atoms in total.